The first kappa shape index (κ1) is 42.6. The molecule has 2 atom stereocenters. The Kier molecular flexibility index (Phi) is 13.0. The Morgan fingerprint density at radius 2 is 0.919 bits per heavy atom. The maximum absolute atomic E-state index is 13.7. The van der Waals surface area contributed by atoms with Crippen LogP contribution in [0.3, 0.4) is 0 Å². The van der Waals surface area contributed by atoms with Gasteiger partial charge in [-0.15, -0.1) is 0 Å². The molecule has 0 fully saturated rings. The molecule has 0 bridgehead atoms. The summed E-state index contributed by atoms with van der Waals surface area (Å²) in [7, 11) is 0. The highest BCUT2D eigenvalue weighted by Gasteiger charge is 2.28. The van der Waals surface area contributed by atoms with E-state index in [-0.39, 0.29) is 23.2 Å². The number of H-pyrrole nitrogens is 2. The number of aryl methyl sites for hydroxylation is 4. The summed E-state index contributed by atoms with van der Waals surface area (Å²) < 4.78 is 12.3. The molecule has 62 heavy (non-hydrogen) atoms. The van der Waals surface area contributed by atoms with Gasteiger partial charge in [-0.25, -0.2) is 9.59 Å². The molecule has 2 heterocycles. The fourth-order valence-corrected chi connectivity index (χ4v) is 9.61. The molecular weight excluding hydrogens is 777 g/mol. The maximum Gasteiger partial charge on any atom is 0.331 e. The zero-order valence-electron chi connectivity index (χ0n) is 36.1. The summed E-state index contributed by atoms with van der Waals surface area (Å²) in [5, 5.41) is 8.87. The van der Waals surface area contributed by atoms with Crippen molar-refractivity contribution in [1.82, 2.24) is 20.6 Å². The first-order chi connectivity index (χ1) is 30.1. The summed E-state index contributed by atoms with van der Waals surface area (Å²) in [5.41, 5.74) is 13.3. The van der Waals surface area contributed by atoms with Crippen LogP contribution in [0.2, 0.25) is 0 Å². The third-order valence-corrected chi connectivity index (χ3v) is 12.8. The predicted molar refractivity (Wildman–Crippen MR) is 245 cm³/mol. The first-order valence-corrected chi connectivity index (χ1v) is 22.2. The number of aromatic nitrogens is 2. The van der Waals surface area contributed by atoms with Crippen LogP contribution in [-0.2, 0) is 70.4 Å². The monoisotopic (exact) mass is 832 g/mol. The summed E-state index contributed by atoms with van der Waals surface area (Å²) in [4.78, 5) is 57.5. The van der Waals surface area contributed by atoms with E-state index in [1.54, 1.807) is 12.1 Å². The Balaban J connectivity index is 0.989. The maximum atomic E-state index is 13.7. The van der Waals surface area contributed by atoms with Crippen molar-refractivity contribution in [2.45, 2.75) is 103 Å². The van der Waals surface area contributed by atoms with Crippen molar-refractivity contribution in [3.05, 3.63) is 173 Å². The minimum Gasteiger partial charge on any atom is -0.453 e. The van der Waals surface area contributed by atoms with Crippen LogP contribution in [0.1, 0.15) is 95.5 Å². The lowest BCUT2D eigenvalue weighted by atomic mass is 9.97. The fraction of sp³-hybridized carbons (Fsp3) is 0.346. The van der Waals surface area contributed by atoms with Gasteiger partial charge in [0.15, 0.2) is 0 Å². The molecule has 2 aliphatic rings. The van der Waals surface area contributed by atoms with E-state index in [9.17, 15) is 19.2 Å². The molecule has 2 unspecified atom stereocenters. The second-order valence-corrected chi connectivity index (χ2v) is 16.7. The van der Waals surface area contributed by atoms with Crippen molar-refractivity contribution in [3.8, 4) is 0 Å². The highest BCUT2D eigenvalue weighted by atomic mass is 16.5. The number of pyridine rings is 2. The minimum atomic E-state index is -0.731. The molecule has 2 aromatic heterocycles. The van der Waals surface area contributed by atoms with Crippen molar-refractivity contribution in [3.63, 3.8) is 0 Å². The van der Waals surface area contributed by atoms with E-state index >= 15 is 0 Å². The molecule has 0 spiro atoms. The van der Waals surface area contributed by atoms with Crippen LogP contribution >= 0.6 is 0 Å². The number of hydrogen-bond donors (Lipinski definition) is 4. The van der Waals surface area contributed by atoms with Crippen LogP contribution in [0.5, 0.6) is 0 Å². The second kappa shape index (κ2) is 18.9. The molecule has 0 saturated carbocycles. The van der Waals surface area contributed by atoms with Gasteiger partial charge in [0.2, 0.25) is 11.1 Å². The molecule has 10 nitrogen and oxygen atoms in total. The number of rotatable bonds is 16. The molecule has 0 saturated heterocycles. The third-order valence-electron chi connectivity index (χ3n) is 12.8. The molecule has 0 aliphatic heterocycles. The summed E-state index contributed by atoms with van der Waals surface area (Å²) in [6, 6.07) is 27.2. The number of fused-ring (bicyclic) bond motifs is 4. The van der Waals surface area contributed by atoms with Crippen LogP contribution in [0.4, 0.5) is 0 Å². The average Bonchev–Trinajstić information content (AvgIpc) is 3.89. The molecule has 4 N–H and O–H groups in total. The van der Waals surface area contributed by atoms with Crippen molar-refractivity contribution in [2.24, 2.45) is 0 Å². The van der Waals surface area contributed by atoms with Gasteiger partial charge in [-0.1, -0.05) is 76.2 Å². The highest BCUT2D eigenvalue weighted by molar-refractivity contribution is 5.92. The van der Waals surface area contributed by atoms with Gasteiger partial charge in [0.05, 0.1) is 0 Å². The van der Waals surface area contributed by atoms with Gasteiger partial charge >= 0.3 is 11.9 Å². The molecule has 8 rings (SSSR count). The lowest BCUT2D eigenvalue weighted by Crippen LogP contribution is -2.35. The average molecular weight is 833 g/mol. The molecular formula is C52H56N4O6. The number of ether oxygens (including phenoxy) is 2. The number of aromatic amines is 2. The molecule has 4 aromatic carbocycles. The van der Waals surface area contributed by atoms with E-state index in [2.05, 4.69) is 72.6 Å². The van der Waals surface area contributed by atoms with E-state index in [4.69, 9.17) is 9.47 Å². The highest BCUT2D eigenvalue weighted by Crippen LogP contribution is 2.31. The molecule has 10 heteroatoms. The topological polar surface area (TPSA) is 142 Å². The summed E-state index contributed by atoms with van der Waals surface area (Å²) >= 11 is 0. The van der Waals surface area contributed by atoms with Crippen LogP contribution in [-0.4, -0.2) is 47.1 Å². The minimum absolute atomic E-state index is 0.154. The second-order valence-electron chi connectivity index (χ2n) is 16.7. The van der Waals surface area contributed by atoms with Gasteiger partial charge in [0, 0.05) is 82.4 Å². The lowest BCUT2D eigenvalue weighted by molar-refractivity contribution is -0.146. The first-order valence-electron chi connectivity index (χ1n) is 22.2. The Morgan fingerprint density at radius 1 is 0.565 bits per heavy atom. The molecule has 320 valence electrons. The molecule has 0 radical (unpaired) electrons. The Labute approximate surface area is 362 Å². The van der Waals surface area contributed by atoms with E-state index in [1.165, 1.54) is 56.6 Å². The van der Waals surface area contributed by atoms with Gasteiger partial charge < -0.3 is 30.1 Å². The Morgan fingerprint density at radius 3 is 1.26 bits per heavy atom. The number of hydrogen-bond acceptors (Lipinski definition) is 8. The van der Waals surface area contributed by atoms with E-state index < -0.39 is 24.1 Å². The molecule has 0 amide bonds. The van der Waals surface area contributed by atoms with Crippen LogP contribution in [0, 0.1) is 0 Å². The summed E-state index contributed by atoms with van der Waals surface area (Å²) in [6.07, 6.45) is 8.23. The standard InChI is InChI=1S/C52H56N4O6/c1-5-31-21-35-25-39(26-36(35)22-32(31)6-2)53-29-47(43-11-9-13-45-41(43)15-17-49(57)55-45)61-51(59)19-20-52(60)62-48(44-12-10-14-46-42(44)16-18-50(58)56-46)30-54-40-27-37-23-33(7-3)34(8-4)24-38(37)28-40/h9-24,39-40,47-48,53-54H,5-8,25-30H2,1-4H3,(H,55,57)(H,56,58)/b20-19-. The number of benzene rings is 4. The van der Waals surface area contributed by atoms with Crippen molar-refractivity contribution in [1.29, 1.82) is 0 Å². The smallest absolute Gasteiger partial charge is 0.331 e. The SMILES string of the molecule is CCc1cc2c(cc1CC)CC(NCC(OC(=O)/C=C\C(=O)OC(CNC1Cc3cc(CC)c(CC)cc3C1)c1cccc3[nH]c(=O)ccc13)c1cccc3[nH]c(=O)ccc13)C2. The van der Waals surface area contributed by atoms with Gasteiger partial charge in [-0.05, 0) is 120 Å². The quantitative estimate of drug-likeness (QED) is 0.0579. The third kappa shape index (κ3) is 9.37. The van der Waals surface area contributed by atoms with Gasteiger partial charge in [-0.3, -0.25) is 9.59 Å². The van der Waals surface area contributed by atoms with Crippen LogP contribution in [0.25, 0.3) is 21.8 Å². The number of carbonyl (C=O) groups excluding carboxylic acids is 2. The largest absolute Gasteiger partial charge is 0.453 e. The van der Waals surface area contributed by atoms with Crippen LogP contribution in [0.15, 0.2) is 107 Å². The van der Waals surface area contributed by atoms with Crippen molar-refractivity contribution < 1.29 is 19.1 Å². The van der Waals surface area contributed by atoms with Crippen molar-refractivity contribution >= 4 is 33.7 Å². The van der Waals surface area contributed by atoms with E-state index in [1.807, 2.05) is 36.4 Å². The molecule has 6 aromatic rings. The number of carbonyl (C=O) groups is 2. The summed E-state index contributed by atoms with van der Waals surface area (Å²) in [6.45, 7) is 9.42. The molecule has 2 aliphatic carbocycles. The zero-order chi connectivity index (χ0) is 43.3. The predicted octanol–water partition coefficient (Wildman–Crippen LogP) is 7.56. The Hall–Kier alpha value is -6.10. The Bertz CT molecular complexity index is 2530. The lowest BCUT2D eigenvalue weighted by Gasteiger charge is -2.22. The normalized spacial score (nSPS) is 15.0. The number of nitrogens with one attached hydrogen (secondary N) is 4. The zero-order valence-corrected chi connectivity index (χ0v) is 36.1. The van der Waals surface area contributed by atoms with Crippen LogP contribution < -0.4 is 21.8 Å². The number of esters is 2. The van der Waals surface area contributed by atoms with Gasteiger partial charge in [0.25, 0.3) is 0 Å². The van der Waals surface area contributed by atoms with E-state index in [0.29, 0.717) is 24.1 Å². The van der Waals surface area contributed by atoms with E-state index in [0.717, 1.165) is 85.4 Å². The van der Waals surface area contributed by atoms with Gasteiger partial charge in [0.1, 0.15) is 12.2 Å². The fourth-order valence-electron chi connectivity index (χ4n) is 9.61. The summed E-state index contributed by atoms with van der Waals surface area (Å²) in [5.74, 6) is -1.41. The van der Waals surface area contributed by atoms with Crippen molar-refractivity contribution in [2.75, 3.05) is 13.1 Å². The van der Waals surface area contributed by atoms with Gasteiger partial charge in [-0.2, -0.15) is 0 Å².